The van der Waals surface area contributed by atoms with Crippen molar-refractivity contribution < 1.29 is 9.53 Å². The Morgan fingerprint density at radius 1 is 0.811 bits per heavy atom. The van der Waals surface area contributed by atoms with Crippen LogP contribution in [-0.4, -0.2) is 24.5 Å². The Hall–Kier alpha value is -4.44. The van der Waals surface area contributed by atoms with Gasteiger partial charge in [0.1, 0.15) is 5.75 Å². The maximum Gasteiger partial charge on any atom is 0.252 e. The predicted octanol–water partition coefficient (Wildman–Crippen LogP) is 7.17. The molecule has 0 radical (unpaired) electrons. The zero-order valence-corrected chi connectivity index (χ0v) is 21.1. The zero-order chi connectivity index (χ0) is 25.6. The number of carbonyl (C=O) groups is 1. The van der Waals surface area contributed by atoms with E-state index in [1.54, 1.807) is 7.11 Å². The molecule has 0 aliphatic rings. The van der Waals surface area contributed by atoms with E-state index in [1.165, 1.54) is 11.1 Å². The fourth-order valence-electron chi connectivity index (χ4n) is 4.94. The molecule has 1 N–H and O–H groups in total. The third-order valence-corrected chi connectivity index (χ3v) is 6.85. The molecule has 4 aromatic carbocycles. The van der Waals surface area contributed by atoms with Gasteiger partial charge in [-0.05, 0) is 60.4 Å². The lowest BCUT2D eigenvalue weighted by atomic mass is 9.88. The summed E-state index contributed by atoms with van der Waals surface area (Å²) in [5.74, 6) is 0.908. The molecule has 0 fully saturated rings. The van der Waals surface area contributed by atoms with Crippen molar-refractivity contribution >= 4 is 16.8 Å². The first-order valence-electron chi connectivity index (χ1n) is 12.6. The van der Waals surface area contributed by atoms with Crippen LogP contribution in [0.5, 0.6) is 5.75 Å². The number of hydrogen-bond acceptors (Lipinski definition) is 3. The summed E-state index contributed by atoms with van der Waals surface area (Å²) in [6, 6.07) is 36.6. The number of carbonyl (C=O) groups excluding carboxylic acids is 1. The van der Waals surface area contributed by atoms with Gasteiger partial charge in [0.2, 0.25) is 0 Å². The highest BCUT2D eigenvalue weighted by Gasteiger charge is 2.20. The summed E-state index contributed by atoms with van der Waals surface area (Å²) in [7, 11) is 1.65. The Morgan fingerprint density at radius 2 is 1.41 bits per heavy atom. The van der Waals surface area contributed by atoms with Crippen molar-refractivity contribution in [3.05, 3.63) is 131 Å². The Bertz CT molecular complexity index is 1460. The molecule has 0 unspecified atom stereocenters. The smallest absolute Gasteiger partial charge is 0.252 e. The molecule has 0 spiro atoms. The molecule has 0 saturated heterocycles. The van der Waals surface area contributed by atoms with Gasteiger partial charge in [-0.15, -0.1) is 0 Å². The highest BCUT2D eigenvalue weighted by atomic mass is 16.5. The number of fused-ring (bicyclic) bond motifs is 1. The normalized spacial score (nSPS) is 11.0. The van der Waals surface area contributed by atoms with E-state index in [4.69, 9.17) is 9.72 Å². The molecule has 1 heterocycles. The topological polar surface area (TPSA) is 51.2 Å². The largest absolute Gasteiger partial charge is 0.497 e. The minimum absolute atomic E-state index is 0.0780. The second kappa shape index (κ2) is 11.1. The number of para-hydroxylation sites is 1. The standard InChI is InChI=1S/C33H30N2O2/c1-23-31(29-15-9-10-16-30(29)35-32(23)26-17-19-27(37-2)20-18-26)33(36)34-22-21-28(24-11-5-3-6-12-24)25-13-7-4-8-14-25/h3-20,28H,21-22H2,1-2H3,(H,34,36). The average molecular weight is 487 g/mol. The molecule has 184 valence electrons. The summed E-state index contributed by atoms with van der Waals surface area (Å²) in [6.45, 7) is 2.53. The van der Waals surface area contributed by atoms with Crippen LogP contribution >= 0.6 is 0 Å². The van der Waals surface area contributed by atoms with Crippen LogP contribution in [0.2, 0.25) is 0 Å². The van der Waals surface area contributed by atoms with E-state index in [0.29, 0.717) is 12.1 Å². The fourth-order valence-corrected chi connectivity index (χ4v) is 4.94. The number of ether oxygens (including phenoxy) is 1. The van der Waals surface area contributed by atoms with Crippen LogP contribution in [-0.2, 0) is 0 Å². The Kier molecular flexibility index (Phi) is 7.27. The van der Waals surface area contributed by atoms with Crippen LogP contribution < -0.4 is 10.1 Å². The lowest BCUT2D eigenvalue weighted by molar-refractivity contribution is 0.0954. The van der Waals surface area contributed by atoms with Gasteiger partial charge in [0, 0.05) is 23.4 Å². The lowest BCUT2D eigenvalue weighted by Gasteiger charge is -2.19. The van der Waals surface area contributed by atoms with Crippen LogP contribution in [0.4, 0.5) is 0 Å². The molecular formula is C33H30N2O2. The number of nitrogens with zero attached hydrogens (tertiary/aromatic N) is 1. The summed E-state index contributed by atoms with van der Waals surface area (Å²) in [5, 5.41) is 4.07. The number of hydrogen-bond donors (Lipinski definition) is 1. The SMILES string of the molecule is COc1ccc(-c2nc3ccccc3c(C(=O)NCCC(c3ccccc3)c3ccccc3)c2C)cc1. The van der Waals surface area contributed by atoms with E-state index in [9.17, 15) is 4.79 Å². The minimum Gasteiger partial charge on any atom is -0.497 e. The van der Waals surface area contributed by atoms with Crippen molar-refractivity contribution in [2.45, 2.75) is 19.3 Å². The summed E-state index contributed by atoms with van der Waals surface area (Å²) in [6.07, 6.45) is 0.799. The lowest BCUT2D eigenvalue weighted by Crippen LogP contribution is -2.27. The van der Waals surface area contributed by atoms with E-state index in [1.807, 2.05) is 67.6 Å². The van der Waals surface area contributed by atoms with Crippen molar-refractivity contribution in [3.63, 3.8) is 0 Å². The van der Waals surface area contributed by atoms with Gasteiger partial charge < -0.3 is 10.1 Å². The van der Waals surface area contributed by atoms with Gasteiger partial charge in [0.05, 0.1) is 23.9 Å². The maximum atomic E-state index is 13.7. The molecule has 5 rings (SSSR count). The quantitative estimate of drug-likeness (QED) is 0.253. The number of nitrogens with one attached hydrogen (secondary N) is 1. The zero-order valence-electron chi connectivity index (χ0n) is 21.1. The van der Waals surface area contributed by atoms with Gasteiger partial charge in [0.25, 0.3) is 5.91 Å². The highest BCUT2D eigenvalue weighted by molar-refractivity contribution is 6.08. The van der Waals surface area contributed by atoms with E-state index in [2.05, 4.69) is 53.8 Å². The molecular weight excluding hydrogens is 456 g/mol. The number of aromatic nitrogens is 1. The number of pyridine rings is 1. The Balaban J connectivity index is 1.43. The molecule has 4 heteroatoms. The molecule has 4 nitrogen and oxygen atoms in total. The third-order valence-electron chi connectivity index (χ3n) is 6.85. The first-order valence-corrected chi connectivity index (χ1v) is 12.6. The first kappa shape index (κ1) is 24.3. The van der Waals surface area contributed by atoms with Gasteiger partial charge in [-0.2, -0.15) is 0 Å². The molecule has 0 atom stereocenters. The number of amides is 1. The molecule has 1 aromatic heterocycles. The van der Waals surface area contributed by atoms with Crippen LogP contribution in [0.25, 0.3) is 22.2 Å². The third kappa shape index (κ3) is 5.24. The molecule has 0 saturated carbocycles. The van der Waals surface area contributed by atoms with Crippen LogP contribution in [0.3, 0.4) is 0 Å². The summed E-state index contributed by atoms with van der Waals surface area (Å²) in [4.78, 5) is 18.6. The van der Waals surface area contributed by atoms with Gasteiger partial charge in [0.15, 0.2) is 0 Å². The maximum absolute atomic E-state index is 13.7. The molecule has 1 amide bonds. The van der Waals surface area contributed by atoms with Gasteiger partial charge in [-0.3, -0.25) is 4.79 Å². The molecule has 0 aliphatic heterocycles. The minimum atomic E-state index is -0.0780. The Labute approximate surface area is 218 Å². The van der Waals surface area contributed by atoms with Crippen molar-refractivity contribution in [2.75, 3.05) is 13.7 Å². The fraction of sp³-hybridized carbons (Fsp3) is 0.152. The van der Waals surface area contributed by atoms with Crippen molar-refractivity contribution in [3.8, 4) is 17.0 Å². The van der Waals surface area contributed by atoms with E-state index in [-0.39, 0.29) is 11.8 Å². The van der Waals surface area contributed by atoms with Gasteiger partial charge in [-0.1, -0.05) is 78.9 Å². The monoisotopic (exact) mass is 486 g/mol. The molecule has 0 bridgehead atoms. The van der Waals surface area contributed by atoms with Gasteiger partial charge in [-0.25, -0.2) is 4.98 Å². The number of methoxy groups -OCH3 is 1. The van der Waals surface area contributed by atoms with Gasteiger partial charge >= 0.3 is 0 Å². The second-order valence-corrected chi connectivity index (χ2v) is 9.12. The predicted molar refractivity (Wildman–Crippen MR) is 150 cm³/mol. The molecule has 37 heavy (non-hydrogen) atoms. The van der Waals surface area contributed by atoms with E-state index in [0.717, 1.165) is 39.9 Å². The first-order chi connectivity index (χ1) is 18.2. The Morgan fingerprint density at radius 3 is 2.03 bits per heavy atom. The second-order valence-electron chi connectivity index (χ2n) is 9.12. The van der Waals surface area contributed by atoms with Crippen molar-refractivity contribution in [1.82, 2.24) is 10.3 Å². The van der Waals surface area contributed by atoms with Crippen LogP contribution in [0, 0.1) is 6.92 Å². The average Bonchev–Trinajstić information content (AvgIpc) is 2.96. The summed E-state index contributed by atoms with van der Waals surface area (Å²) >= 11 is 0. The molecule has 0 aliphatic carbocycles. The van der Waals surface area contributed by atoms with Crippen molar-refractivity contribution in [2.24, 2.45) is 0 Å². The van der Waals surface area contributed by atoms with Crippen LogP contribution in [0.1, 0.15) is 39.4 Å². The summed E-state index contributed by atoms with van der Waals surface area (Å²) in [5.41, 5.74) is 6.58. The highest BCUT2D eigenvalue weighted by Crippen LogP contribution is 2.31. The van der Waals surface area contributed by atoms with E-state index >= 15 is 0 Å². The van der Waals surface area contributed by atoms with E-state index < -0.39 is 0 Å². The number of benzene rings is 4. The molecule has 5 aromatic rings. The van der Waals surface area contributed by atoms with Crippen LogP contribution in [0.15, 0.2) is 109 Å². The number of rotatable bonds is 8. The van der Waals surface area contributed by atoms with Crippen molar-refractivity contribution in [1.29, 1.82) is 0 Å². The summed E-state index contributed by atoms with van der Waals surface area (Å²) < 4.78 is 5.31.